The summed E-state index contributed by atoms with van der Waals surface area (Å²) in [5, 5.41) is 14.7. The van der Waals surface area contributed by atoms with Gasteiger partial charge >= 0.3 is 0 Å². The molecule has 0 saturated carbocycles. The fourth-order valence-electron chi connectivity index (χ4n) is 2.75. The zero-order valence-electron chi connectivity index (χ0n) is 10.0. The van der Waals surface area contributed by atoms with E-state index < -0.39 is 0 Å². The fourth-order valence-corrected chi connectivity index (χ4v) is 4.02. The third-order valence-electron chi connectivity index (χ3n) is 3.69. The van der Waals surface area contributed by atoms with Crippen molar-refractivity contribution in [2.24, 2.45) is 0 Å². The highest BCUT2D eigenvalue weighted by molar-refractivity contribution is 8.00. The molecule has 0 amide bonds. The van der Waals surface area contributed by atoms with Gasteiger partial charge in [-0.1, -0.05) is 0 Å². The van der Waals surface area contributed by atoms with Crippen LogP contribution >= 0.6 is 11.8 Å². The molecule has 1 fully saturated rings. The molecule has 0 spiro atoms. The summed E-state index contributed by atoms with van der Waals surface area (Å²) in [6.07, 6.45) is 5.80. The third kappa shape index (κ3) is 2.36. The molecular weight excluding hydrogens is 234 g/mol. The largest absolute Gasteiger partial charge is 0.396 e. The predicted octanol–water partition coefficient (Wildman–Crippen LogP) is 1.59. The van der Waals surface area contributed by atoms with E-state index in [-0.39, 0.29) is 12.5 Å². The monoisotopic (exact) mass is 253 g/mol. The Morgan fingerprint density at radius 1 is 1.35 bits per heavy atom. The summed E-state index contributed by atoms with van der Waals surface area (Å²) in [6, 6.07) is 0. The molecule has 1 N–H and O–H groups in total. The van der Waals surface area contributed by atoms with Crippen molar-refractivity contribution in [3.05, 3.63) is 11.6 Å². The Kier molecular flexibility index (Phi) is 3.38. The summed E-state index contributed by atoms with van der Waals surface area (Å²) < 4.78 is 2.01. The van der Waals surface area contributed by atoms with E-state index in [2.05, 4.69) is 21.8 Å². The highest BCUT2D eigenvalue weighted by atomic mass is 32.2. The van der Waals surface area contributed by atoms with Crippen LogP contribution in [0.1, 0.15) is 43.3 Å². The Bertz CT molecular complexity index is 387. The standard InChI is InChI=1S/C12H19N3OS/c16-8-9-3-1-5-15-12(9)13-11(14-15)7-10-4-2-6-17-10/h9-10,16H,1-8H2. The van der Waals surface area contributed by atoms with Crippen LogP contribution in [0.5, 0.6) is 0 Å². The van der Waals surface area contributed by atoms with Gasteiger partial charge in [-0.2, -0.15) is 16.9 Å². The average molecular weight is 253 g/mol. The van der Waals surface area contributed by atoms with Gasteiger partial charge in [-0.15, -0.1) is 0 Å². The molecule has 17 heavy (non-hydrogen) atoms. The Labute approximate surface area is 106 Å². The SMILES string of the molecule is OCC1CCCn2nc(CC3CCCS3)nc21. The Balaban J connectivity index is 1.75. The van der Waals surface area contributed by atoms with Crippen LogP contribution in [0.15, 0.2) is 0 Å². The van der Waals surface area contributed by atoms with Crippen LogP contribution in [0, 0.1) is 0 Å². The van der Waals surface area contributed by atoms with Gasteiger partial charge in [0.1, 0.15) is 5.82 Å². The number of aliphatic hydroxyl groups excluding tert-OH is 1. The van der Waals surface area contributed by atoms with E-state index in [0.717, 1.165) is 37.5 Å². The molecule has 0 aromatic carbocycles. The minimum atomic E-state index is 0.205. The first-order valence-corrected chi connectivity index (χ1v) is 7.58. The number of hydrogen-bond donors (Lipinski definition) is 1. The molecule has 0 aliphatic carbocycles. The van der Waals surface area contributed by atoms with Gasteiger partial charge in [0.05, 0.1) is 6.61 Å². The number of fused-ring (bicyclic) bond motifs is 1. The average Bonchev–Trinajstić information content (AvgIpc) is 2.97. The van der Waals surface area contributed by atoms with Gasteiger partial charge in [0.25, 0.3) is 0 Å². The van der Waals surface area contributed by atoms with Crippen molar-refractivity contribution in [3.8, 4) is 0 Å². The fraction of sp³-hybridized carbons (Fsp3) is 0.833. The summed E-state index contributed by atoms with van der Waals surface area (Å²) in [5.74, 6) is 3.50. The van der Waals surface area contributed by atoms with Crippen molar-refractivity contribution >= 4 is 11.8 Å². The van der Waals surface area contributed by atoms with Crippen molar-refractivity contribution in [3.63, 3.8) is 0 Å². The Morgan fingerprint density at radius 3 is 3.06 bits per heavy atom. The van der Waals surface area contributed by atoms with E-state index in [1.807, 2.05) is 4.68 Å². The number of aryl methyl sites for hydroxylation is 1. The zero-order valence-corrected chi connectivity index (χ0v) is 10.8. The maximum atomic E-state index is 9.35. The lowest BCUT2D eigenvalue weighted by molar-refractivity contribution is 0.234. The highest BCUT2D eigenvalue weighted by Gasteiger charge is 2.25. The first-order valence-electron chi connectivity index (χ1n) is 6.53. The van der Waals surface area contributed by atoms with Crippen molar-refractivity contribution in [2.45, 2.75) is 49.8 Å². The lowest BCUT2D eigenvalue weighted by Gasteiger charge is -2.19. The van der Waals surface area contributed by atoms with Gasteiger partial charge in [0.2, 0.25) is 0 Å². The van der Waals surface area contributed by atoms with Gasteiger partial charge in [-0.25, -0.2) is 9.67 Å². The molecule has 3 heterocycles. The maximum absolute atomic E-state index is 9.35. The second kappa shape index (κ2) is 4.98. The molecule has 2 aliphatic rings. The molecule has 2 aliphatic heterocycles. The highest BCUT2D eigenvalue weighted by Crippen LogP contribution is 2.30. The minimum absolute atomic E-state index is 0.205. The summed E-state index contributed by atoms with van der Waals surface area (Å²) >= 11 is 2.05. The Hall–Kier alpha value is -0.550. The summed E-state index contributed by atoms with van der Waals surface area (Å²) in [7, 11) is 0. The number of aromatic nitrogens is 3. The van der Waals surface area contributed by atoms with E-state index >= 15 is 0 Å². The predicted molar refractivity (Wildman–Crippen MR) is 68.3 cm³/mol. The molecular formula is C12H19N3OS. The minimum Gasteiger partial charge on any atom is -0.396 e. The first kappa shape index (κ1) is 11.5. The van der Waals surface area contributed by atoms with Crippen molar-refractivity contribution in [1.29, 1.82) is 0 Å². The van der Waals surface area contributed by atoms with E-state index in [0.29, 0.717) is 5.25 Å². The van der Waals surface area contributed by atoms with Gasteiger partial charge in [-0.3, -0.25) is 0 Å². The molecule has 1 saturated heterocycles. The van der Waals surface area contributed by atoms with Gasteiger partial charge in [0.15, 0.2) is 5.82 Å². The molecule has 1 aromatic rings. The molecule has 1 aromatic heterocycles. The van der Waals surface area contributed by atoms with Crippen LogP contribution in [0.2, 0.25) is 0 Å². The quantitative estimate of drug-likeness (QED) is 0.888. The summed E-state index contributed by atoms with van der Waals surface area (Å²) in [4.78, 5) is 4.65. The smallest absolute Gasteiger partial charge is 0.152 e. The lowest BCUT2D eigenvalue weighted by Crippen LogP contribution is -2.19. The van der Waals surface area contributed by atoms with E-state index in [1.165, 1.54) is 18.6 Å². The number of hydrogen-bond acceptors (Lipinski definition) is 4. The second-order valence-electron chi connectivity index (χ2n) is 4.97. The lowest BCUT2D eigenvalue weighted by atomic mass is 10.0. The van der Waals surface area contributed by atoms with Crippen molar-refractivity contribution in [2.75, 3.05) is 12.4 Å². The van der Waals surface area contributed by atoms with Gasteiger partial charge in [-0.05, 0) is 31.4 Å². The van der Waals surface area contributed by atoms with Crippen LogP contribution in [0.4, 0.5) is 0 Å². The second-order valence-corrected chi connectivity index (χ2v) is 6.38. The zero-order chi connectivity index (χ0) is 11.7. The van der Waals surface area contributed by atoms with Crippen molar-refractivity contribution < 1.29 is 5.11 Å². The molecule has 94 valence electrons. The molecule has 4 nitrogen and oxygen atoms in total. The number of thioether (sulfide) groups is 1. The number of rotatable bonds is 3. The molecule has 5 heteroatoms. The van der Waals surface area contributed by atoms with E-state index in [9.17, 15) is 5.11 Å². The van der Waals surface area contributed by atoms with Crippen LogP contribution in [-0.4, -0.2) is 37.5 Å². The van der Waals surface area contributed by atoms with E-state index in [4.69, 9.17) is 0 Å². The number of aliphatic hydroxyl groups is 1. The topological polar surface area (TPSA) is 50.9 Å². The normalized spacial score (nSPS) is 28.3. The molecule has 2 unspecified atom stereocenters. The van der Waals surface area contributed by atoms with Crippen LogP contribution in [-0.2, 0) is 13.0 Å². The Morgan fingerprint density at radius 2 is 2.29 bits per heavy atom. The summed E-state index contributed by atoms with van der Waals surface area (Å²) in [6.45, 7) is 1.17. The van der Waals surface area contributed by atoms with Crippen LogP contribution in [0.25, 0.3) is 0 Å². The maximum Gasteiger partial charge on any atom is 0.152 e. The van der Waals surface area contributed by atoms with Crippen molar-refractivity contribution in [1.82, 2.24) is 14.8 Å². The molecule has 2 atom stereocenters. The molecule has 0 radical (unpaired) electrons. The molecule has 0 bridgehead atoms. The van der Waals surface area contributed by atoms with Crippen LogP contribution < -0.4 is 0 Å². The van der Waals surface area contributed by atoms with Gasteiger partial charge < -0.3 is 5.11 Å². The van der Waals surface area contributed by atoms with E-state index in [1.54, 1.807) is 0 Å². The van der Waals surface area contributed by atoms with Gasteiger partial charge in [0, 0.05) is 24.1 Å². The number of nitrogens with zero attached hydrogens (tertiary/aromatic N) is 3. The molecule has 3 rings (SSSR count). The van der Waals surface area contributed by atoms with Crippen LogP contribution in [0.3, 0.4) is 0 Å². The third-order valence-corrected chi connectivity index (χ3v) is 5.08. The summed E-state index contributed by atoms with van der Waals surface area (Å²) in [5.41, 5.74) is 0. The first-order chi connectivity index (χ1) is 8.36.